The maximum absolute atomic E-state index is 11.1. The molecule has 0 saturated heterocycles. The molecule has 1 aliphatic rings. The van der Waals surface area contributed by atoms with Crippen molar-refractivity contribution in [3.8, 4) is 11.8 Å². The molecule has 1 N–H and O–H groups in total. The lowest BCUT2D eigenvalue weighted by Gasteiger charge is -2.05. The van der Waals surface area contributed by atoms with E-state index in [9.17, 15) is 4.79 Å². The summed E-state index contributed by atoms with van der Waals surface area (Å²) in [6, 6.07) is 7.70. The predicted octanol–water partition coefficient (Wildman–Crippen LogP) is 1.15. The SMILES string of the molecule is N#CCC(=O)NCc1ccc2c(c1)CCO2. The topological polar surface area (TPSA) is 62.1 Å². The first-order chi connectivity index (χ1) is 7.79. The van der Waals surface area contributed by atoms with Crippen molar-refractivity contribution in [2.45, 2.75) is 19.4 Å². The van der Waals surface area contributed by atoms with Gasteiger partial charge in [0.1, 0.15) is 12.2 Å². The molecule has 0 atom stereocenters. The predicted molar refractivity (Wildman–Crippen MR) is 57.7 cm³/mol. The number of nitrogens with zero attached hydrogens (tertiary/aromatic N) is 1. The highest BCUT2D eigenvalue weighted by molar-refractivity contribution is 5.77. The third kappa shape index (κ3) is 2.31. The van der Waals surface area contributed by atoms with Crippen LogP contribution in [0.3, 0.4) is 0 Å². The summed E-state index contributed by atoms with van der Waals surface area (Å²) in [5.41, 5.74) is 2.22. The van der Waals surface area contributed by atoms with Gasteiger partial charge in [-0.3, -0.25) is 4.79 Å². The van der Waals surface area contributed by atoms with Crippen molar-refractivity contribution in [2.75, 3.05) is 6.61 Å². The molecular formula is C12H12N2O2. The second-order valence-corrected chi connectivity index (χ2v) is 3.65. The molecular weight excluding hydrogens is 204 g/mol. The van der Waals surface area contributed by atoms with Crippen molar-refractivity contribution in [2.24, 2.45) is 0 Å². The molecule has 0 saturated carbocycles. The van der Waals surface area contributed by atoms with Gasteiger partial charge in [-0.05, 0) is 17.2 Å². The Morgan fingerprint density at radius 1 is 1.56 bits per heavy atom. The van der Waals surface area contributed by atoms with Gasteiger partial charge < -0.3 is 10.1 Å². The van der Waals surface area contributed by atoms with Gasteiger partial charge in [-0.25, -0.2) is 0 Å². The lowest BCUT2D eigenvalue weighted by Crippen LogP contribution is -2.21. The number of fused-ring (bicyclic) bond motifs is 1. The monoisotopic (exact) mass is 216 g/mol. The van der Waals surface area contributed by atoms with E-state index < -0.39 is 0 Å². The molecule has 1 aromatic rings. The van der Waals surface area contributed by atoms with Gasteiger partial charge in [0.05, 0.1) is 12.7 Å². The zero-order valence-electron chi connectivity index (χ0n) is 8.82. The van der Waals surface area contributed by atoms with Crippen molar-refractivity contribution in [3.63, 3.8) is 0 Å². The van der Waals surface area contributed by atoms with Crippen LogP contribution >= 0.6 is 0 Å². The van der Waals surface area contributed by atoms with Crippen LogP contribution in [0.4, 0.5) is 0 Å². The average Bonchev–Trinajstić information content (AvgIpc) is 2.74. The summed E-state index contributed by atoms with van der Waals surface area (Å²) >= 11 is 0. The van der Waals surface area contributed by atoms with Crippen LogP contribution in [0.1, 0.15) is 17.5 Å². The molecule has 1 heterocycles. The largest absolute Gasteiger partial charge is 0.493 e. The Kier molecular flexibility index (Phi) is 3.06. The first kappa shape index (κ1) is 10.5. The molecule has 0 radical (unpaired) electrons. The standard InChI is InChI=1S/C12H12N2O2/c13-5-3-12(15)14-8-9-1-2-11-10(7-9)4-6-16-11/h1-2,7H,3-4,6,8H2,(H,14,15). The third-order valence-electron chi connectivity index (χ3n) is 2.48. The first-order valence-electron chi connectivity index (χ1n) is 5.18. The quantitative estimate of drug-likeness (QED) is 0.824. The van der Waals surface area contributed by atoms with Gasteiger partial charge in [-0.15, -0.1) is 0 Å². The molecule has 0 aliphatic carbocycles. The Balaban J connectivity index is 1.96. The third-order valence-corrected chi connectivity index (χ3v) is 2.48. The molecule has 0 bridgehead atoms. The van der Waals surface area contributed by atoms with E-state index in [0.29, 0.717) is 6.54 Å². The van der Waals surface area contributed by atoms with Crippen LogP contribution in [0.15, 0.2) is 18.2 Å². The molecule has 82 valence electrons. The van der Waals surface area contributed by atoms with Crippen LogP contribution in [0, 0.1) is 11.3 Å². The van der Waals surface area contributed by atoms with Gasteiger partial charge in [0.25, 0.3) is 0 Å². The Hall–Kier alpha value is -2.02. The normalized spacial score (nSPS) is 12.4. The zero-order chi connectivity index (χ0) is 11.4. The lowest BCUT2D eigenvalue weighted by atomic mass is 10.1. The Labute approximate surface area is 93.8 Å². The lowest BCUT2D eigenvalue weighted by molar-refractivity contribution is -0.120. The van der Waals surface area contributed by atoms with E-state index in [2.05, 4.69) is 5.32 Å². The van der Waals surface area contributed by atoms with Gasteiger partial charge in [0.15, 0.2) is 0 Å². The molecule has 1 aliphatic heterocycles. The molecule has 0 unspecified atom stereocenters. The summed E-state index contributed by atoms with van der Waals surface area (Å²) in [7, 11) is 0. The van der Waals surface area contributed by atoms with Crippen LogP contribution < -0.4 is 10.1 Å². The fourth-order valence-corrected chi connectivity index (χ4v) is 1.68. The second kappa shape index (κ2) is 4.67. The summed E-state index contributed by atoms with van der Waals surface area (Å²) in [4.78, 5) is 11.1. The highest BCUT2D eigenvalue weighted by atomic mass is 16.5. The number of hydrogen-bond donors (Lipinski definition) is 1. The number of carbonyl (C=O) groups excluding carboxylic acids is 1. The smallest absolute Gasteiger partial charge is 0.234 e. The molecule has 4 nitrogen and oxygen atoms in total. The number of carbonyl (C=O) groups is 1. The number of nitrogens with one attached hydrogen (secondary N) is 1. The molecule has 0 spiro atoms. The Morgan fingerprint density at radius 2 is 2.44 bits per heavy atom. The number of benzene rings is 1. The van der Waals surface area contributed by atoms with Crippen molar-refractivity contribution >= 4 is 5.91 Å². The molecule has 0 fully saturated rings. The fraction of sp³-hybridized carbons (Fsp3) is 0.333. The van der Waals surface area contributed by atoms with E-state index in [0.717, 1.165) is 24.3 Å². The zero-order valence-corrected chi connectivity index (χ0v) is 8.82. The van der Waals surface area contributed by atoms with Crippen LogP contribution in [-0.4, -0.2) is 12.5 Å². The Bertz CT molecular complexity index is 449. The van der Waals surface area contributed by atoms with Gasteiger partial charge in [-0.1, -0.05) is 12.1 Å². The molecule has 4 heteroatoms. The van der Waals surface area contributed by atoms with Gasteiger partial charge in [0, 0.05) is 13.0 Å². The van der Waals surface area contributed by atoms with Crippen LogP contribution in [0.5, 0.6) is 5.75 Å². The fourth-order valence-electron chi connectivity index (χ4n) is 1.68. The van der Waals surface area contributed by atoms with Crippen molar-refractivity contribution in [3.05, 3.63) is 29.3 Å². The average molecular weight is 216 g/mol. The molecule has 16 heavy (non-hydrogen) atoms. The summed E-state index contributed by atoms with van der Waals surface area (Å²) in [5.74, 6) is 0.700. The summed E-state index contributed by atoms with van der Waals surface area (Å²) in [6.07, 6.45) is 0.837. The maximum Gasteiger partial charge on any atom is 0.234 e. The highest BCUT2D eigenvalue weighted by Crippen LogP contribution is 2.25. The van der Waals surface area contributed by atoms with Gasteiger partial charge in [-0.2, -0.15) is 5.26 Å². The van der Waals surface area contributed by atoms with Crippen molar-refractivity contribution in [1.29, 1.82) is 5.26 Å². The van der Waals surface area contributed by atoms with E-state index in [1.54, 1.807) is 0 Å². The minimum atomic E-state index is -0.237. The minimum absolute atomic E-state index is 0.0892. The van der Waals surface area contributed by atoms with E-state index >= 15 is 0 Å². The Morgan fingerprint density at radius 3 is 3.25 bits per heavy atom. The number of ether oxygens (including phenoxy) is 1. The first-order valence-corrected chi connectivity index (χ1v) is 5.18. The van der Waals surface area contributed by atoms with Crippen LogP contribution in [-0.2, 0) is 17.8 Å². The van der Waals surface area contributed by atoms with E-state index in [1.807, 2.05) is 24.3 Å². The summed E-state index contributed by atoms with van der Waals surface area (Å²) in [6.45, 7) is 1.20. The van der Waals surface area contributed by atoms with Crippen LogP contribution in [0.25, 0.3) is 0 Å². The van der Waals surface area contributed by atoms with E-state index in [1.165, 1.54) is 5.56 Å². The summed E-state index contributed by atoms with van der Waals surface area (Å²) in [5, 5.41) is 11.0. The maximum atomic E-state index is 11.1. The number of amides is 1. The number of rotatable bonds is 3. The highest BCUT2D eigenvalue weighted by Gasteiger charge is 2.11. The van der Waals surface area contributed by atoms with Crippen LogP contribution in [0.2, 0.25) is 0 Å². The van der Waals surface area contributed by atoms with Crippen molar-refractivity contribution < 1.29 is 9.53 Å². The summed E-state index contributed by atoms with van der Waals surface area (Å²) < 4.78 is 5.39. The molecule has 2 rings (SSSR count). The number of nitriles is 1. The number of hydrogen-bond acceptors (Lipinski definition) is 3. The van der Waals surface area contributed by atoms with E-state index in [-0.39, 0.29) is 12.3 Å². The second-order valence-electron chi connectivity index (χ2n) is 3.65. The van der Waals surface area contributed by atoms with Crippen molar-refractivity contribution in [1.82, 2.24) is 5.32 Å². The minimum Gasteiger partial charge on any atom is -0.493 e. The van der Waals surface area contributed by atoms with E-state index in [4.69, 9.17) is 10.00 Å². The van der Waals surface area contributed by atoms with Gasteiger partial charge >= 0.3 is 0 Å². The molecule has 1 aromatic carbocycles. The van der Waals surface area contributed by atoms with Gasteiger partial charge in [0.2, 0.25) is 5.91 Å². The molecule has 0 aromatic heterocycles. The molecule has 1 amide bonds.